The number of carbonyl (C=O) groups is 1. The summed E-state index contributed by atoms with van der Waals surface area (Å²) in [6.45, 7) is 1.51. The molecule has 5 heteroatoms. The van der Waals surface area contributed by atoms with E-state index in [-0.39, 0.29) is 5.91 Å². The van der Waals surface area contributed by atoms with Gasteiger partial charge in [-0.1, -0.05) is 48.5 Å². The number of rotatable bonds is 3. The molecule has 0 radical (unpaired) electrons. The second kappa shape index (κ2) is 6.20. The van der Waals surface area contributed by atoms with Crippen molar-refractivity contribution in [3.63, 3.8) is 0 Å². The number of fused-ring (bicyclic) bond motifs is 1. The van der Waals surface area contributed by atoms with Crippen molar-refractivity contribution in [3.05, 3.63) is 77.5 Å². The van der Waals surface area contributed by atoms with E-state index in [1.54, 1.807) is 0 Å². The van der Waals surface area contributed by atoms with E-state index < -0.39 is 6.23 Å². The summed E-state index contributed by atoms with van der Waals surface area (Å²) in [5.74, 6) is 0.836. The lowest BCUT2D eigenvalue weighted by atomic mass is 10.1. The van der Waals surface area contributed by atoms with E-state index in [0.29, 0.717) is 11.8 Å². The maximum absolute atomic E-state index is 12.2. The molecule has 134 valence electrons. The standard InChI is InChI=1S/C22H19N3O2/c1-14(26)25-22(16-7-3-2-4-8-16)27-21(24-25)18-13-20(15-11-12-15)23-19-10-6-5-9-17(18)19/h2-10,13,15,22H,11-12H2,1H3/t22-/m1/s1. The van der Waals surface area contributed by atoms with E-state index in [1.807, 2.05) is 54.6 Å². The van der Waals surface area contributed by atoms with Crippen LogP contribution >= 0.6 is 0 Å². The molecule has 0 spiro atoms. The van der Waals surface area contributed by atoms with Crippen LogP contribution in [-0.2, 0) is 9.53 Å². The number of hydrogen-bond acceptors (Lipinski definition) is 4. The second-order valence-electron chi connectivity index (χ2n) is 7.04. The Morgan fingerprint density at radius 3 is 2.56 bits per heavy atom. The van der Waals surface area contributed by atoms with Gasteiger partial charge in [0, 0.05) is 35.0 Å². The monoisotopic (exact) mass is 357 g/mol. The van der Waals surface area contributed by atoms with Crippen molar-refractivity contribution in [1.29, 1.82) is 0 Å². The first-order valence-corrected chi connectivity index (χ1v) is 9.21. The molecular weight excluding hydrogens is 338 g/mol. The van der Waals surface area contributed by atoms with Gasteiger partial charge in [0.05, 0.1) is 5.52 Å². The Balaban J connectivity index is 1.62. The number of carbonyl (C=O) groups excluding carboxylic acids is 1. The number of nitrogens with zero attached hydrogens (tertiary/aromatic N) is 3. The summed E-state index contributed by atoms with van der Waals surface area (Å²) in [5.41, 5.74) is 3.80. The molecule has 2 aromatic carbocycles. The lowest BCUT2D eigenvalue weighted by Gasteiger charge is -2.19. The van der Waals surface area contributed by atoms with E-state index in [4.69, 9.17) is 9.72 Å². The van der Waals surface area contributed by atoms with Gasteiger partial charge in [-0.2, -0.15) is 5.01 Å². The topological polar surface area (TPSA) is 54.8 Å². The zero-order valence-electron chi connectivity index (χ0n) is 15.0. The van der Waals surface area contributed by atoms with Crippen LogP contribution in [0.15, 0.2) is 65.8 Å². The van der Waals surface area contributed by atoms with Crippen molar-refractivity contribution in [2.24, 2.45) is 5.10 Å². The Hall–Kier alpha value is -3.21. The molecule has 0 bridgehead atoms. The third-order valence-electron chi connectivity index (χ3n) is 5.01. The molecule has 3 aromatic rings. The summed E-state index contributed by atoms with van der Waals surface area (Å²) < 4.78 is 6.20. The molecule has 5 rings (SSSR count). The number of ether oxygens (including phenoxy) is 1. The van der Waals surface area contributed by atoms with Crippen LogP contribution < -0.4 is 0 Å². The third kappa shape index (κ3) is 2.85. The van der Waals surface area contributed by atoms with Crippen LogP contribution in [0.2, 0.25) is 0 Å². The molecule has 0 N–H and O–H groups in total. The predicted molar refractivity (Wildman–Crippen MR) is 103 cm³/mol. The highest BCUT2D eigenvalue weighted by atomic mass is 16.5. The molecule has 1 aliphatic heterocycles. The highest BCUT2D eigenvalue weighted by molar-refractivity contribution is 6.07. The van der Waals surface area contributed by atoms with Crippen LogP contribution in [0.25, 0.3) is 10.9 Å². The fourth-order valence-corrected chi connectivity index (χ4v) is 3.47. The van der Waals surface area contributed by atoms with E-state index in [0.717, 1.165) is 27.7 Å². The van der Waals surface area contributed by atoms with Crippen LogP contribution in [0.5, 0.6) is 0 Å². The van der Waals surface area contributed by atoms with Crippen LogP contribution in [0.3, 0.4) is 0 Å². The fourth-order valence-electron chi connectivity index (χ4n) is 3.47. The normalized spacial score (nSPS) is 19.1. The zero-order chi connectivity index (χ0) is 18.4. The highest BCUT2D eigenvalue weighted by Gasteiger charge is 2.34. The molecule has 27 heavy (non-hydrogen) atoms. The molecule has 1 atom stereocenters. The SMILES string of the molecule is CC(=O)N1N=C(c2cc(C3CC3)nc3ccccc23)O[C@@H]1c1ccccc1. The summed E-state index contributed by atoms with van der Waals surface area (Å²) in [4.78, 5) is 17.0. The van der Waals surface area contributed by atoms with Gasteiger partial charge < -0.3 is 4.74 Å². The molecule has 1 saturated carbocycles. The molecule has 0 saturated heterocycles. The number of amides is 1. The molecule has 5 nitrogen and oxygen atoms in total. The lowest BCUT2D eigenvalue weighted by molar-refractivity contribution is -0.135. The molecule has 1 aromatic heterocycles. The number of pyridine rings is 1. The fraction of sp³-hybridized carbons (Fsp3) is 0.227. The van der Waals surface area contributed by atoms with Gasteiger partial charge in [-0.15, -0.1) is 5.10 Å². The first kappa shape index (κ1) is 16.0. The van der Waals surface area contributed by atoms with Gasteiger partial charge in [0.2, 0.25) is 18.0 Å². The minimum Gasteiger partial charge on any atom is -0.446 e. The summed E-state index contributed by atoms with van der Waals surface area (Å²) in [5, 5.41) is 6.93. The van der Waals surface area contributed by atoms with Crippen LogP contribution in [0.4, 0.5) is 0 Å². The van der Waals surface area contributed by atoms with Crippen molar-refractivity contribution in [1.82, 2.24) is 9.99 Å². The maximum atomic E-state index is 12.2. The molecule has 2 heterocycles. The van der Waals surface area contributed by atoms with Crippen LogP contribution in [0, 0.1) is 0 Å². The lowest BCUT2D eigenvalue weighted by Crippen LogP contribution is -2.25. The highest BCUT2D eigenvalue weighted by Crippen LogP contribution is 2.41. The minimum absolute atomic E-state index is 0.153. The average Bonchev–Trinajstić information content (AvgIpc) is 3.46. The van der Waals surface area contributed by atoms with Crippen LogP contribution in [-0.4, -0.2) is 21.8 Å². The van der Waals surface area contributed by atoms with E-state index in [2.05, 4.69) is 11.2 Å². The Labute approximate surface area is 157 Å². The van der Waals surface area contributed by atoms with E-state index in [9.17, 15) is 4.79 Å². The van der Waals surface area contributed by atoms with Crippen molar-refractivity contribution in [2.75, 3.05) is 0 Å². The Morgan fingerprint density at radius 2 is 1.81 bits per heavy atom. The third-order valence-corrected chi connectivity index (χ3v) is 5.01. The zero-order valence-corrected chi connectivity index (χ0v) is 15.0. The van der Waals surface area contributed by atoms with Gasteiger partial charge in [0.1, 0.15) is 0 Å². The summed E-state index contributed by atoms with van der Waals surface area (Å²) in [7, 11) is 0. The molecule has 0 unspecified atom stereocenters. The van der Waals surface area contributed by atoms with Crippen molar-refractivity contribution in [3.8, 4) is 0 Å². The number of hydrazone groups is 1. The molecule has 2 aliphatic rings. The van der Waals surface area contributed by atoms with Crippen molar-refractivity contribution >= 4 is 22.7 Å². The maximum Gasteiger partial charge on any atom is 0.243 e. The first-order chi connectivity index (χ1) is 13.2. The largest absolute Gasteiger partial charge is 0.446 e. The van der Waals surface area contributed by atoms with Crippen molar-refractivity contribution < 1.29 is 9.53 Å². The number of benzene rings is 2. The molecule has 1 fully saturated rings. The smallest absolute Gasteiger partial charge is 0.243 e. The number of para-hydroxylation sites is 1. The van der Waals surface area contributed by atoms with Gasteiger partial charge in [0.25, 0.3) is 0 Å². The Kier molecular flexibility index (Phi) is 3.67. The van der Waals surface area contributed by atoms with Crippen LogP contribution in [0.1, 0.15) is 48.7 Å². The minimum atomic E-state index is -0.546. The molecular formula is C22H19N3O2. The van der Waals surface area contributed by atoms with Gasteiger partial charge in [-0.3, -0.25) is 9.78 Å². The van der Waals surface area contributed by atoms with Gasteiger partial charge in [-0.05, 0) is 25.0 Å². The van der Waals surface area contributed by atoms with E-state index in [1.165, 1.54) is 24.8 Å². The van der Waals surface area contributed by atoms with Gasteiger partial charge in [0.15, 0.2) is 0 Å². The Bertz CT molecular complexity index is 1060. The second-order valence-corrected chi connectivity index (χ2v) is 7.04. The molecule has 1 aliphatic carbocycles. The quantitative estimate of drug-likeness (QED) is 0.700. The number of hydrogen-bond donors (Lipinski definition) is 0. The predicted octanol–water partition coefficient (Wildman–Crippen LogP) is 4.35. The number of aromatic nitrogens is 1. The van der Waals surface area contributed by atoms with Gasteiger partial charge in [-0.25, -0.2) is 0 Å². The summed E-state index contributed by atoms with van der Waals surface area (Å²) >= 11 is 0. The summed E-state index contributed by atoms with van der Waals surface area (Å²) in [6.07, 6.45) is 1.80. The van der Waals surface area contributed by atoms with Crippen molar-refractivity contribution in [2.45, 2.75) is 31.9 Å². The summed E-state index contributed by atoms with van der Waals surface area (Å²) in [6, 6.07) is 19.8. The van der Waals surface area contributed by atoms with Gasteiger partial charge >= 0.3 is 0 Å². The van der Waals surface area contributed by atoms with E-state index >= 15 is 0 Å². The Morgan fingerprint density at radius 1 is 1.07 bits per heavy atom. The average molecular weight is 357 g/mol. The molecule has 1 amide bonds. The first-order valence-electron chi connectivity index (χ1n) is 9.21.